The highest BCUT2D eigenvalue weighted by atomic mass is 15.2. The minimum atomic E-state index is -0.220. The lowest BCUT2D eigenvalue weighted by molar-refractivity contribution is 0.590. The second-order valence-corrected chi connectivity index (χ2v) is 29.9. The average Bonchev–Trinajstić information content (AvgIpc) is 0.780. The number of rotatable bonds is 9. The number of nitrogens with zero attached hydrogens (tertiary/aromatic N) is 3. The first-order valence-corrected chi connectivity index (χ1v) is 35.9. The van der Waals surface area contributed by atoms with Gasteiger partial charge in [-0.05, 0) is 188 Å². The van der Waals surface area contributed by atoms with Gasteiger partial charge in [0.2, 0.25) is 0 Å². The predicted molar refractivity (Wildman–Crippen MR) is 437 cm³/mol. The quantitative estimate of drug-likeness (QED) is 0.105. The van der Waals surface area contributed by atoms with E-state index < -0.39 is 0 Å². The molecule has 102 heavy (non-hydrogen) atoms. The molecule has 484 valence electrons. The molecule has 2 aliphatic heterocycles. The van der Waals surface area contributed by atoms with Crippen molar-refractivity contribution >= 4 is 111 Å². The summed E-state index contributed by atoms with van der Waals surface area (Å²) in [5.41, 5.74) is 30.3. The van der Waals surface area contributed by atoms with Crippen LogP contribution in [-0.4, -0.2) is 11.3 Å². The number of aromatic nitrogens is 1. The summed E-state index contributed by atoms with van der Waals surface area (Å²) in [5, 5.41) is 9.80. The normalized spacial score (nSPS) is 12.7. The summed E-state index contributed by atoms with van der Waals surface area (Å²) in [6.07, 6.45) is 0. The van der Waals surface area contributed by atoms with Crippen LogP contribution in [-0.2, 0) is 10.8 Å². The van der Waals surface area contributed by atoms with E-state index in [-0.39, 0.29) is 17.5 Å². The standard InChI is InChI=1S/C98H74BN3/c1-97(2,3)71-58-80(64-31-11-7-12-32-64)95(81(59-71)65-33-13-8-14-34-65)101-88-48-29-49-89-94(88)99(84-54-52-70(57-90(84)101)93-78-44-23-21-42-76(78)92(77-43-22-24-45-79(77)93)69-51-50-63-30-19-20-39-68(63)56-69)85-55-53-73(100-86-46-27-25-40-74(86)75-41-26-28-47-87(75)100)62-91(85)102(89)96-82(66-35-15-9-16-36-66)60-72(98(4,5)6)61-83(96)67-37-17-10-18-38-67/h7-62H,1-6H3. The lowest BCUT2D eigenvalue weighted by Gasteiger charge is -2.46. The molecule has 0 amide bonds. The van der Waals surface area contributed by atoms with E-state index in [2.05, 4.69) is 396 Å². The Hall–Kier alpha value is -12.2. The summed E-state index contributed by atoms with van der Waals surface area (Å²) in [6.45, 7) is 13.9. The Morgan fingerprint density at radius 1 is 0.255 bits per heavy atom. The van der Waals surface area contributed by atoms with Crippen LogP contribution < -0.4 is 26.2 Å². The molecular formula is C98H74BN3. The first-order valence-electron chi connectivity index (χ1n) is 35.9. The monoisotopic (exact) mass is 1300 g/mol. The van der Waals surface area contributed by atoms with E-state index in [1.807, 2.05) is 0 Å². The molecule has 0 fully saturated rings. The molecule has 16 aromatic carbocycles. The average molecular weight is 1300 g/mol. The van der Waals surface area contributed by atoms with Crippen LogP contribution in [0.3, 0.4) is 0 Å². The molecule has 3 nitrogen and oxygen atoms in total. The first-order chi connectivity index (χ1) is 49.9. The van der Waals surface area contributed by atoms with E-state index in [4.69, 9.17) is 0 Å². The molecule has 4 heteroatoms. The van der Waals surface area contributed by atoms with Gasteiger partial charge in [-0.15, -0.1) is 0 Å². The maximum atomic E-state index is 2.70. The number of hydrogen-bond acceptors (Lipinski definition) is 2. The van der Waals surface area contributed by atoms with Crippen molar-refractivity contribution in [3.63, 3.8) is 0 Å². The van der Waals surface area contributed by atoms with Gasteiger partial charge in [0.05, 0.1) is 22.4 Å². The van der Waals surface area contributed by atoms with E-state index in [1.54, 1.807) is 0 Å². The fourth-order valence-electron chi connectivity index (χ4n) is 17.0. The third kappa shape index (κ3) is 9.79. The highest BCUT2D eigenvalue weighted by molar-refractivity contribution is 7.00. The summed E-state index contributed by atoms with van der Waals surface area (Å²) < 4.78 is 2.49. The van der Waals surface area contributed by atoms with Crippen molar-refractivity contribution in [3.8, 4) is 72.4 Å². The molecule has 0 N–H and O–H groups in total. The van der Waals surface area contributed by atoms with Crippen molar-refractivity contribution in [2.45, 2.75) is 52.4 Å². The lowest BCUT2D eigenvalue weighted by atomic mass is 9.33. The molecule has 0 atom stereocenters. The highest BCUT2D eigenvalue weighted by Crippen LogP contribution is 2.56. The Kier molecular flexibility index (Phi) is 14.2. The van der Waals surface area contributed by atoms with Crippen LogP contribution in [0.4, 0.5) is 34.1 Å². The maximum absolute atomic E-state index is 2.70. The summed E-state index contributed by atoms with van der Waals surface area (Å²) in [6, 6.07) is 129. The largest absolute Gasteiger partial charge is 0.310 e. The number of para-hydroxylation sites is 2. The summed E-state index contributed by atoms with van der Waals surface area (Å²) in [7, 11) is 0. The minimum absolute atomic E-state index is 0.178. The molecule has 0 unspecified atom stereocenters. The zero-order valence-electron chi connectivity index (χ0n) is 58.3. The minimum Gasteiger partial charge on any atom is -0.310 e. The molecule has 0 saturated carbocycles. The van der Waals surface area contributed by atoms with Crippen molar-refractivity contribution in [2.75, 3.05) is 9.80 Å². The molecular weight excluding hydrogens is 1230 g/mol. The number of fused-ring (bicyclic) bond motifs is 10. The maximum Gasteiger partial charge on any atom is 0.252 e. The van der Waals surface area contributed by atoms with Crippen molar-refractivity contribution < 1.29 is 0 Å². The zero-order chi connectivity index (χ0) is 68.5. The van der Waals surface area contributed by atoms with E-state index >= 15 is 0 Å². The smallest absolute Gasteiger partial charge is 0.252 e. The van der Waals surface area contributed by atoms with Crippen LogP contribution in [0.2, 0.25) is 0 Å². The Morgan fingerprint density at radius 3 is 1.04 bits per heavy atom. The molecule has 3 heterocycles. The molecule has 17 aromatic rings. The van der Waals surface area contributed by atoms with Gasteiger partial charge >= 0.3 is 0 Å². The zero-order valence-corrected chi connectivity index (χ0v) is 58.3. The third-order valence-electron chi connectivity index (χ3n) is 21.8. The molecule has 0 aliphatic carbocycles. The molecule has 19 rings (SSSR count). The molecule has 2 aliphatic rings. The molecule has 0 bridgehead atoms. The second-order valence-electron chi connectivity index (χ2n) is 29.9. The molecule has 1 aromatic heterocycles. The van der Waals surface area contributed by atoms with E-state index in [0.29, 0.717) is 0 Å². The van der Waals surface area contributed by atoms with Crippen molar-refractivity contribution in [1.82, 2.24) is 4.57 Å². The van der Waals surface area contributed by atoms with Gasteiger partial charge in [-0.1, -0.05) is 308 Å². The second kappa shape index (κ2) is 23.7. The van der Waals surface area contributed by atoms with E-state index in [1.165, 1.54) is 121 Å². The third-order valence-corrected chi connectivity index (χ3v) is 21.8. The van der Waals surface area contributed by atoms with Crippen LogP contribution in [0.5, 0.6) is 0 Å². The number of benzene rings is 16. The lowest BCUT2D eigenvalue weighted by Crippen LogP contribution is -2.61. The Bertz CT molecular complexity index is 5980. The van der Waals surface area contributed by atoms with E-state index in [9.17, 15) is 0 Å². The van der Waals surface area contributed by atoms with Gasteiger partial charge in [-0.25, -0.2) is 0 Å². The van der Waals surface area contributed by atoms with Gasteiger partial charge in [-0.2, -0.15) is 0 Å². The number of hydrogen-bond donors (Lipinski definition) is 0. The van der Waals surface area contributed by atoms with Gasteiger partial charge in [0, 0.05) is 61.5 Å². The van der Waals surface area contributed by atoms with Gasteiger partial charge < -0.3 is 14.4 Å². The topological polar surface area (TPSA) is 11.4 Å². The van der Waals surface area contributed by atoms with Gasteiger partial charge in [0.25, 0.3) is 6.71 Å². The van der Waals surface area contributed by atoms with Crippen LogP contribution in [0.1, 0.15) is 52.7 Å². The highest BCUT2D eigenvalue weighted by Gasteiger charge is 2.46. The van der Waals surface area contributed by atoms with Crippen molar-refractivity contribution in [1.29, 1.82) is 0 Å². The van der Waals surface area contributed by atoms with Gasteiger partial charge in [0.15, 0.2) is 0 Å². The molecule has 0 spiro atoms. The fraction of sp³-hybridized carbons (Fsp3) is 0.0816. The van der Waals surface area contributed by atoms with Crippen LogP contribution in [0, 0.1) is 0 Å². The van der Waals surface area contributed by atoms with Crippen LogP contribution in [0.25, 0.3) is 127 Å². The van der Waals surface area contributed by atoms with Crippen LogP contribution in [0.15, 0.2) is 340 Å². The first kappa shape index (κ1) is 60.9. The van der Waals surface area contributed by atoms with E-state index in [0.717, 1.165) is 67.6 Å². The fourth-order valence-corrected chi connectivity index (χ4v) is 17.0. The van der Waals surface area contributed by atoms with Crippen molar-refractivity contribution in [2.24, 2.45) is 0 Å². The summed E-state index contributed by atoms with van der Waals surface area (Å²) >= 11 is 0. The summed E-state index contributed by atoms with van der Waals surface area (Å²) in [4.78, 5) is 5.39. The Morgan fingerprint density at radius 2 is 0.608 bits per heavy atom. The molecule has 0 saturated heterocycles. The SMILES string of the molecule is CC(C)(C)c1cc(-c2ccccc2)c(N2c3cc(-c4c5ccccc5c(-c5ccc6ccccc6c5)c5ccccc45)ccc3B3c4ccc(-n5c6ccccc6c6ccccc65)cc4N(c4c(-c5ccccc5)cc(C(C)(C)C)cc4-c4ccccc4)c4cccc2c43)c(-c2ccccc2)c1. The molecule has 0 radical (unpaired) electrons. The van der Waals surface area contributed by atoms with Gasteiger partial charge in [-0.3, -0.25) is 0 Å². The Labute approximate surface area is 597 Å². The number of anilines is 6. The summed E-state index contributed by atoms with van der Waals surface area (Å²) in [5.74, 6) is 0. The van der Waals surface area contributed by atoms with Crippen molar-refractivity contribution in [3.05, 3.63) is 351 Å². The predicted octanol–water partition coefficient (Wildman–Crippen LogP) is 24.9. The van der Waals surface area contributed by atoms with Crippen LogP contribution >= 0.6 is 0 Å². The Balaban J connectivity index is 0.962. The van der Waals surface area contributed by atoms with Gasteiger partial charge in [0.1, 0.15) is 0 Å².